The molecule has 0 aliphatic rings. The zero-order chi connectivity index (χ0) is 11.4. The van der Waals surface area contributed by atoms with Crippen LogP contribution in [0.1, 0.15) is 15.2 Å². The van der Waals surface area contributed by atoms with Crippen molar-refractivity contribution in [3.8, 4) is 0 Å². The minimum absolute atomic E-state index is 0.00920. The Bertz CT molecular complexity index is 497. The summed E-state index contributed by atoms with van der Waals surface area (Å²) in [4.78, 5) is 12.8. The Kier molecular flexibility index (Phi) is 3.54. The SMILES string of the molecule is O=C(/C=C\c1cccs1)c1ccc(Cl)cc1. The van der Waals surface area contributed by atoms with Crippen LogP contribution in [0.3, 0.4) is 0 Å². The zero-order valence-electron chi connectivity index (χ0n) is 8.39. The molecule has 1 nitrogen and oxygen atoms in total. The Labute approximate surface area is 103 Å². The molecule has 0 radical (unpaired) electrons. The van der Waals surface area contributed by atoms with Gasteiger partial charge in [-0.1, -0.05) is 17.7 Å². The molecule has 0 saturated carbocycles. The van der Waals surface area contributed by atoms with E-state index in [1.54, 1.807) is 41.7 Å². The summed E-state index contributed by atoms with van der Waals surface area (Å²) < 4.78 is 0. The molecule has 80 valence electrons. The van der Waals surface area contributed by atoms with Crippen molar-refractivity contribution in [3.05, 3.63) is 63.3 Å². The van der Waals surface area contributed by atoms with Crippen LogP contribution in [0, 0.1) is 0 Å². The highest BCUT2D eigenvalue weighted by Gasteiger charge is 2.00. The summed E-state index contributed by atoms with van der Waals surface area (Å²) in [5.74, 6) is -0.00920. The normalized spacial score (nSPS) is 10.8. The molecule has 1 heterocycles. The molecular weight excluding hydrogens is 240 g/mol. The number of halogens is 1. The van der Waals surface area contributed by atoms with Crippen LogP contribution in [0.5, 0.6) is 0 Å². The molecular formula is C13H9ClOS. The minimum atomic E-state index is -0.00920. The van der Waals surface area contributed by atoms with E-state index in [1.807, 2.05) is 23.6 Å². The minimum Gasteiger partial charge on any atom is -0.289 e. The second-order valence-electron chi connectivity index (χ2n) is 3.22. The van der Waals surface area contributed by atoms with Crippen molar-refractivity contribution in [1.29, 1.82) is 0 Å². The van der Waals surface area contributed by atoms with Crippen molar-refractivity contribution in [1.82, 2.24) is 0 Å². The van der Waals surface area contributed by atoms with Gasteiger partial charge in [0, 0.05) is 15.5 Å². The molecule has 0 saturated heterocycles. The van der Waals surface area contributed by atoms with Gasteiger partial charge >= 0.3 is 0 Å². The fourth-order valence-electron chi connectivity index (χ4n) is 1.25. The van der Waals surface area contributed by atoms with E-state index < -0.39 is 0 Å². The Morgan fingerprint density at radius 2 is 1.94 bits per heavy atom. The highest BCUT2D eigenvalue weighted by Crippen LogP contribution is 2.13. The topological polar surface area (TPSA) is 17.1 Å². The third-order valence-corrected chi connectivity index (χ3v) is 3.16. The second-order valence-corrected chi connectivity index (χ2v) is 4.64. The van der Waals surface area contributed by atoms with Crippen molar-refractivity contribution in [3.63, 3.8) is 0 Å². The summed E-state index contributed by atoms with van der Waals surface area (Å²) in [6, 6.07) is 10.8. The van der Waals surface area contributed by atoms with Gasteiger partial charge in [0.25, 0.3) is 0 Å². The molecule has 0 unspecified atom stereocenters. The third kappa shape index (κ3) is 2.81. The van der Waals surface area contributed by atoms with Crippen molar-refractivity contribution in [2.75, 3.05) is 0 Å². The molecule has 0 fully saturated rings. The molecule has 0 bridgehead atoms. The first kappa shape index (κ1) is 11.1. The molecule has 2 rings (SSSR count). The van der Waals surface area contributed by atoms with E-state index in [9.17, 15) is 4.79 Å². The van der Waals surface area contributed by atoms with Gasteiger partial charge in [0.1, 0.15) is 0 Å². The average molecular weight is 249 g/mol. The first-order chi connectivity index (χ1) is 7.75. The van der Waals surface area contributed by atoms with Gasteiger partial charge in [0.15, 0.2) is 5.78 Å². The number of hydrogen-bond acceptors (Lipinski definition) is 2. The average Bonchev–Trinajstić information content (AvgIpc) is 2.80. The molecule has 0 N–H and O–H groups in total. The maximum Gasteiger partial charge on any atom is 0.185 e. The molecule has 0 amide bonds. The number of ketones is 1. The number of benzene rings is 1. The van der Waals surface area contributed by atoms with E-state index in [4.69, 9.17) is 11.6 Å². The number of thiophene rings is 1. The summed E-state index contributed by atoms with van der Waals surface area (Å²) in [5, 5.41) is 2.62. The van der Waals surface area contributed by atoms with Crippen LogP contribution < -0.4 is 0 Å². The van der Waals surface area contributed by atoms with Gasteiger partial charge in [-0.15, -0.1) is 11.3 Å². The lowest BCUT2D eigenvalue weighted by atomic mass is 10.1. The van der Waals surface area contributed by atoms with Crippen LogP contribution >= 0.6 is 22.9 Å². The molecule has 0 aliphatic carbocycles. The fourth-order valence-corrected chi connectivity index (χ4v) is 2.00. The smallest absolute Gasteiger partial charge is 0.185 e. The zero-order valence-corrected chi connectivity index (χ0v) is 9.96. The van der Waals surface area contributed by atoms with E-state index >= 15 is 0 Å². The standard InChI is InChI=1S/C13H9ClOS/c14-11-5-3-10(4-6-11)13(15)8-7-12-2-1-9-16-12/h1-9H/b8-7-. The van der Waals surface area contributed by atoms with Crippen LogP contribution in [-0.2, 0) is 0 Å². The highest BCUT2D eigenvalue weighted by atomic mass is 35.5. The van der Waals surface area contributed by atoms with Crippen molar-refractivity contribution < 1.29 is 4.79 Å². The lowest BCUT2D eigenvalue weighted by Gasteiger charge is -1.95. The quantitative estimate of drug-likeness (QED) is 0.585. The second kappa shape index (κ2) is 5.10. The van der Waals surface area contributed by atoms with Crippen LogP contribution in [0.4, 0.5) is 0 Å². The molecule has 0 aliphatic heterocycles. The number of carbonyl (C=O) groups is 1. The number of hydrogen-bond donors (Lipinski definition) is 0. The summed E-state index contributed by atoms with van der Waals surface area (Å²) in [6.07, 6.45) is 3.40. The first-order valence-corrected chi connectivity index (χ1v) is 6.03. The predicted molar refractivity (Wildman–Crippen MR) is 69.1 cm³/mol. The summed E-state index contributed by atoms with van der Waals surface area (Å²) in [5.41, 5.74) is 0.650. The fraction of sp³-hybridized carbons (Fsp3) is 0. The Morgan fingerprint density at radius 3 is 2.56 bits per heavy atom. The Morgan fingerprint density at radius 1 is 1.19 bits per heavy atom. The Balaban J connectivity index is 2.11. The number of rotatable bonds is 3. The van der Waals surface area contributed by atoms with Gasteiger partial charge in [-0.05, 0) is 47.9 Å². The van der Waals surface area contributed by atoms with Gasteiger partial charge in [-0.25, -0.2) is 0 Å². The summed E-state index contributed by atoms with van der Waals surface area (Å²) in [6.45, 7) is 0. The van der Waals surface area contributed by atoms with E-state index in [0.717, 1.165) is 4.88 Å². The highest BCUT2D eigenvalue weighted by molar-refractivity contribution is 7.10. The van der Waals surface area contributed by atoms with Gasteiger partial charge in [-0.2, -0.15) is 0 Å². The van der Waals surface area contributed by atoms with E-state index in [2.05, 4.69) is 0 Å². The monoisotopic (exact) mass is 248 g/mol. The van der Waals surface area contributed by atoms with Crippen molar-refractivity contribution >= 4 is 34.8 Å². The summed E-state index contributed by atoms with van der Waals surface area (Å²) in [7, 11) is 0. The van der Waals surface area contributed by atoms with Gasteiger partial charge in [0.05, 0.1) is 0 Å². The number of allylic oxidation sites excluding steroid dienone is 1. The molecule has 16 heavy (non-hydrogen) atoms. The van der Waals surface area contributed by atoms with E-state index in [1.165, 1.54) is 0 Å². The van der Waals surface area contributed by atoms with Gasteiger partial charge < -0.3 is 0 Å². The summed E-state index contributed by atoms with van der Waals surface area (Å²) >= 11 is 7.35. The van der Waals surface area contributed by atoms with Crippen molar-refractivity contribution in [2.24, 2.45) is 0 Å². The largest absolute Gasteiger partial charge is 0.289 e. The molecule has 0 spiro atoms. The molecule has 3 heteroatoms. The maximum absolute atomic E-state index is 11.7. The van der Waals surface area contributed by atoms with Crippen LogP contribution in [0.2, 0.25) is 5.02 Å². The lowest BCUT2D eigenvalue weighted by Crippen LogP contribution is -1.92. The predicted octanol–water partition coefficient (Wildman–Crippen LogP) is 4.30. The molecule has 1 aromatic carbocycles. The van der Waals surface area contributed by atoms with E-state index in [-0.39, 0.29) is 5.78 Å². The van der Waals surface area contributed by atoms with Gasteiger partial charge in [-0.3, -0.25) is 4.79 Å². The van der Waals surface area contributed by atoms with Crippen LogP contribution in [0.15, 0.2) is 47.9 Å². The maximum atomic E-state index is 11.7. The van der Waals surface area contributed by atoms with Gasteiger partial charge in [0.2, 0.25) is 0 Å². The number of carbonyl (C=O) groups excluding carboxylic acids is 1. The Hall–Kier alpha value is -1.38. The lowest BCUT2D eigenvalue weighted by molar-refractivity contribution is 0.104. The molecule has 2 aromatic rings. The van der Waals surface area contributed by atoms with Crippen molar-refractivity contribution in [2.45, 2.75) is 0 Å². The molecule has 1 aromatic heterocycles. The van der Waals surface area contributed by atoms with Crippen LogP contribution in [0.25, 0.3) is 6.08 Å². The van der Waals surface area contributed by atoms with E-state index in [0.29, 0.717) is 10.6 Å². The molecule has 0 atom stereocenters. The van der Waals surface area contributed by atoms with Crippen LogP contribution in [-0.4, -0.2) is 5.78 Å². The third-order valence-electron chi connectivity index (χ3n) is 2.07. The first-order valence-electron chi connectivity index (χ1n) is 4.77.